The Morgan fingerprint density at radius 2 is 1.84 bits per heavy atom. The second kappa shape index (κ2) is 8.02. The molecule has 0 aromatic heterocycles. The Bertz CT molecular complexity index is 1230. The Labute approximate surface area is 186 Å². The SMILES string of the molecule is CCOC(=O)/C=C/[C@H]1C[C@]2(Cc3ccccc3C2=O)C(=O)N1S(=O)(=O)c1ccc(C)cc1. The molecule has 1 saturated heterocycles. The van der Waals surface area contributed by atoms with Crippen molar-refractivity contribution < 1.29 is 27.5 Å². The Morgan fingerprint density at radius 1 is 1.16 bits per heavy atom. The predicted molar refractivity (Wildman–Crippen MR) is 116 cm³/mol. The van der Waals surface area contributed by atoms with Crippen LogP contribution in [0.3, 0.4) is 0 Å². The van der Waals surface area contributed by atoms with E-state index in [-0.39, 0.29) is 30.1 Å². The fourth-order valence-corrected chi connectivity index (χ4v) is 6.02. The van der Waals surface area contributed by atoms with E-state index in [9.17, 15) is 22.8 Å². The number of hydrogen-bond donors (Lipinski definition) is 0. The Kier molecular flexibility index (Phi) is 5.50. The van der Waals surface area contributed by atoms with Crippen LogP contribution in [0.15, 0.2) is 65.6 Å². The van der Waals surface area contributed by atoms with Gasteiger partial charge < -0.3 is 4.74 Å². The standard InChI is InChI=1S/C24H23NO6S/c1-3-31-21(26)13-10-18-15-24(14-17-6-4-5-7-20(17)22(24)27)23(28)25(18)32(29,30)19-11-8-16(2)9-12-19/h4-13,18H,3,14-15H2,1-2H3/b13-10+/t18-,24-/m0/s1. The molecule has 2 atom stereocenters. The van der Waals surface area contributed by atoms with Gasteiger partial charge in [0, 0.05) is 11.6 Å². The summed E-state index contributed by atoms with van der Waals surface area (Å²) in [5.41, 5.74) is 0.510. The number of ketones is 1. The summed E-state index contributed by atoms with van der Waals surface area (Å²) in [5, 5.41) is 0. The molecule has 2 aromatic rings. The van der Waals surface area contributed by atoms with Crippen LogP contribution in [-0.4, -0.2) is 43.0 Å². The molecule has 1 amide bonds. The van der Waals surface area contributed by atoms with Crippen molar-refractivity contribution in [2.75, 3.05) is 6.61 Å². The third kappa shape index (κ3) is 3.44. The van der Waals surface area contributed by atoms with Crippen LogP contribution >= 0.6 is 0 Å². The van der Waals surface area contributed by atoms with Crippen molar-refractivity contribution in [3.8, 4) is 0 Å². The van der Waals surface area contributed by atoms with Crippen LogP contribution in [0.1, 0.15) is 34.8 Å². The molecular formula is C24H23NO6S. The first-order valence-corrected chi connectivity index (χ1v) is 11.8. The molecule has 1 aliphatic heterocycles. The first kappa shape index (κ1) is 22.0. The molecule has 8 heteroatoms. The lowest BCUT2D eigenvalue weighted by Gasteiger charge is -2.23. The number of rotatable bonds is 5. The van der Waals surface area contributed by atoms with Gasteiger partial charge in [-0.1, -0.05) is 48.0 Å². The number of fused-ring (bicyclic) bond motifs is 1. The van der Waals surface area contributed by atoms with E-state index in [4.69, 9.17) is 4.74 Å². The number of carbonyl (C=O) groups is 3. The number of hydrogen-bond acceptors (Lipinski definition) is 6. The van der Waals surface area contributed by atoms with Gasteiger partial charge >= 0.3 is 5.97 Å². The van der Waals surface area contributed by atoms with Crippen molar-refractivity contribution in [3.63, 3.8) is 0 Å². The van der Waals surface area contributed by atoms with Crippen LogP contribution in [0.5, 0.6) is 0 Å². The lowest BCUT2D eigenvalue weighted by molar-refractivity contribution is -0.137. The average molecular weight is 454 g/mol. The summed E-state index contributed by atoms with van der Waals surface area (Å²) in [6.45, 7) is 3.64. The fourth-order valence-electron chi connectivity index (χ4n) is 4.42. The van der Waals surface area contributed by atoms with E-state index in [1.54, 1.807) is 43.3 Å². The molecular weight excluding hydrogens is 430 g/mol. The fraction of sp³-hybridized carbons (Fsp3) is 0.292. The lowest BCUT2D eigenvalue weighted by atomic mass is 9.80. The summed E-state index contributed by atoms with van der Waals surface area (Å²) in [5.74, 6) is -1.79. The van der Waals surface area contributed by atoms with Gasteiger partial charge in [-0.3, -0.25) is 9.59 Å². The maximum atomic E-state index is 13.7. The molecule has 2 aliphatic rings. The van der Waals surface area contributed by atoms with Crippen LogP contribution in [0.2, 0.25) is 0 Å². The highest BCUT2D eigenvalue weighted by Gasteiger charge is 2.62. The largest absolute Gasteiger partial charge is 0.463 e. The summed E-state index contributed by atoms with van der Waals surface area (Å²) in [4.78, 5) is 38.8. The van der Waals surface area contributed by atoms with Crippen molar-refractivity contribution in [1.29, 1.82) is 0 Å². The number of carbonyl (C=O) groups excluding carboxylic acids is 3. The van der Waals surface area contributed by atoms with Gasteiger partial charge in [-0.25, -0.2) is 17.5 Å². The summed E-state index contributed by atoms with van der Waals surface area (Å²) >= 11 is 0. The number of nitrogens with zero attached hydrogens (tertiary/aromatic N) is 1. The topological polar surface area (TPSA) is 97.8 Å². The Morgan fingerprint density at radius 3 is 2.50 bits per heavy atom. The molecule has 2 aromatic carbocycles. The van der Waals surface area contributed by atoms with Crippen LogP contribution in [0.4, 0.5) is 0 Å². The molecule has 32 heavy (non-hydrogen) atoms. The summed E-state index contributed by atoms with van der Waals surface area (Å²) in [7, 11) is -4.26. The Hall–Kier alpha value is -3.26. The van der Waals surface area contributed by atoms with Crippen molar-refractivity contribution in [1.82, 2.24) is 4.31 Å². The van der Waals surface area contributed by atoms with Crippen LogP contribution in [0.25, 0.3) is 0 Å². The molecule has 0 radical (unpaired) electrons. The van der Waals surface area contributed by atoms with Crippen molar-refractivity contribution in [2.24, 2.45) is 5.41 Å². The second-order valence-electron chi connectivity index (χ2n) is 8.05. The zero-order chi connectivity index (χ0) is 23.1. The van der Waals surface area contributed by atoms with Crippen molar-refractivity contribution in [2.45, 2.75) is 37.6 Å². The first-order chi connectivity index (χ1) is 15.2. The normalized spacial score (nSPS) is 22.7. The Balaban J connectivity index is 1.79. The van der Waals surface area contributed by atoms with Crippen molar-refractivity contribution >= 4 is 27.7 Å². The molecule has 0 N–H and O–H groups in total. The maximum Gasteiger partial charge on any atom is 0.330 e. The number of ether oxygens (including phenoxy) is 1. The number of amides is 1. The molecule has 4 rings (SSSR count). The highest BCUT2D eigenvalue weighted by Crippen LogP contribution is 2.48. The molecule has 0 unspecified atom stereocenters. The molecule has 0 saturated carbocycles. The minimum Gasteiger partial charge on any atom is -0.463 e. The number of sulfonamides is 1. The quantitative estimate of drug-likeness (QED) is 0.392. The first-order valence-electron chi connectivity index (χ1n) is 10.3. The molecule has 1 spiro atoms. The molecule has 1 heterocycles. The second-order valence-corrected chi connectivity index (χ2v) is 9.86. The lowest BCUT2D eigenvalue weighted by Crippen LogP contribution is -2.43. The zero-order valence-electron chi connectivity index (χ0n) is 17.8. The molecule has 7 nitrogen and oxygen atoms in total. The number of Topliss-reactive ketones (excluding diaryl/α,β-unsaturated/α-hetero) is 1. The highest BCUT2D eigenvalue weighted by molar-refractivity contribution is 7.89. The van der Waals surface area contributed by atoms with Gasteiger partial charge in [0.05, 0.1) is 17.5 Å². The van der Waals surface area contributed by atoms with E-state index >= 15 is 0 Å². The van der Waals surface area contributed by atoms with Crippen molar-refractivity contribution in [3.05, 3.63) is 77.4 Å². The molecule has 1 fully saturated rings. The number of benzene rings is 2. The monoisotopic (exact) mass is 453 g/mol. The van der Waals surface area contributed by atoms with Gasteiger partial charge in [-0.2, -0.15) is 0 Å². The third-order valence-corrected chi connectivity index (χ3v) is 7.80. The predicted octanol–water partition coefficient (Wildman–Crippen LogP) is 2.83. The van der Waals surface area contributed by atoms with E-state index in [1.807, 2.05) is 6.92 Å². The van der Waals surface area contributed by atoms with Gasteiger partial charge in [-0.15, -0.1) is 0 Å². The van der Waals surface area contributed by atoms with Gasteiger partial charge in [0.2, 0.25) is 0 Å². The zero-order valence-corrected chi connectivity index (χ0v) is 18.6. The summed E-state index contributed by atoms with van der Waals surface area (Å²) in [6, 6.07) is 12.1. The van der Waals surface area contributed by atoms with E-state index in [0.717, 1.165) is 15.9 Å². The van der Waals surface area contributed by atoms with Gasteiger partial charge in [0.1, 0.15) is 5.41 Å². The van der Waals surface area contributed by atoms with Gasteiger partial charge in [-0.05, 0) is 44.4 Å². The van der Waals surface area contributed by atoms with Crippen LogP contribution < -0.4 is 0 Å². The summed E-state index contributed by atoms with van der Waals surface area (Å²) in [6.07, 6.45) is 2.54. The maximum absolute atomic E-state index is 13.7. The van der Waals surface area contributed by atoms with Gasteiger partial charge in [0.15, 0.2) is 5.78 Å². The van der Waals surface area contributed by atoms with E-state index < -0.39 is 33.4 Å². The highest BCUT2D eigenvalue weighted by atomic mass is 32.2. The minimum absolute atomic E-state index is 0.0413. The third-order valence-electron chi connectivity index (χ3n) is 5.98. The van der Waals surface area contributed by atoms with Crippen LogP contribution in [0, 0.1) is 12.3 Å². The summed E-state index contributed by atoms with van der Waals surface area (Å²) < 4.78 is 32.7. The smallest absolute Gasteiger partial charge is 0.330 e. The van der Waals surface area contributed by atoms with E-state index in [2.05, 4.69) is 0 Å². The molecule has 166 valence electrons. The van der Waals surface area contributed by atoms with E-state index in [1.165, 1.54) is 18.2 Å². The average Bonchev–Trinajstić information content (AvgIpc) is 3.21. The molecule has 0 bridgehead atoms. The molecule has 1 aliphatic carbocycles. The van der Waals surface area contributed by atoms with Gasteiger partial charge in [0.25, 0.3) is 15.9 Å². The number of esters is 1. The van der Waals surface area contributed by atoms with Crippen LogP contribution in [-0.2, 0) is 30.8 Å². The van der Waals surface area contributed by atoms with E-state index in [0.29, 0.717) is 11.1 Å². The minimum atomic E-state index is -4.26. The number of aryl methyl sites for hydroxylation is 1.